The molecule has 4 rings (SSSR count). The summed E-state index contributed by atoms with van der Waals surface area (Å²) >= 11 is 4.94. The highest BCUT2D eigenvalue weighted by atomic mass is 79.9. The maximum atomic E-state index is 12.9. The van der Waals surface area contributed by atoms with Crippen LogP contribution >= 0.6 is 27.3 Å². The van der Waals surface area contributed by atoms with Gasteiger partial charge in [0.25, 0.3) is 11.8 Å². The number of hydrogen-bond acceptors (Lipinski definition) is 4. The Morgan fingerprint density at radius 2 is 1.47 bits per heavy atom. The summed E-state index contributed by atoms with van der Waals surface area (Å²) in [5.41, 5.74) is 2.96. The van der Waals surface area contributed by atoms with E-state index in [9.17, 15) is 9.59 Å². The molecule has 1 heterocycles. The maximum Gasteiger partial charge on any atom is 0.257 e. The Balaban J connectivity index is 1.51. The van der Waals surface area contributed by atoms with Crippen molar-refractivity contribution < 1.29 is 9.59 Å². The molecular formula is C23H16BrN3O2S. The number of para-hydroxylation sites is 1. The summed E-state index contributed by atoms with van der Waals surface area (Å²) in [7, 11) is 0. The molecule has 0 atom stereocenters. The molecule has 0 saturated heterocycles. The SMILES string of the molecule is O=C(Nc1ccccc1C(=O)Nc1ccc(-c2nccs2)cc1)c1ccccc1Br. The van der Waals surface area contributed by atoms with Gasteiger partial charge in [-0.05, 0) is 64.5 Å². The molecule has 2 amide bonds. The number of nitrogens with one attached hydrogen (secondary N) is 2. The van der Waals surface area contributed by atoms with Crippen molar-refractivity contribution in [3.8, 4) is 10.6 Å². The molecule has 0 bridgehead atoms. The molecule has 30 heavy (non-hydrogen) atoms. The van der Waals surface area contributed by atoms with Gasteiger partial charge in [0, 0.05) is 27.3 Å². The smallest absolute Gasteiger partial charge is 0.257 e. The van der Waals surface area contributed by atoms with Gasteiger partial charge < -0.3 is 10.6 Å². The van der Waals surface area contributed by atoms with Crippen LogP contribution in [-0.2, 0) is 0 Å². The molecule has 0 aliphatic rings. The molecule has 1 aromatic heterocycles. The van der Waals surface area contributed by atoms with E-state index in [2.05, 4.69) is 31.5 Å². The van der Waals surface area contributed by atoms with Crippen molar-refractivity contribution in [2.45, 2.75) is 0 Å². The lowest BCUT2D eigenvalue weighted by Crippen LogP contribution is -2.18. The summed E-state index contributed by atoms with van der Waals surface area (Å²) in [6.45, 7) is 0. The van der Waals surface area contributed by atoms with Crippen molar-refractivity contribution in [1.29, 1.82) is 0 Å². The first-order valence-corrected chi connectivity index (χ1v) is 10.8. The van der Waals surface area contributed by atoms with Gasteiger partial charge in [-0.15, -0.1) is 11.3 Å². The summed E-state index contributed by atoms with van der Waals surface area (Å²) < 4.78 is 0.685. The summed E-state index contributed by atoms with van der Waals surface area (Å²) in [5, 5.41) is 8.55. The zero-order valence-electron chi connectivity index (χ0n) is 15.6. The molecule has 5 nitrogen and oxygen atoms in total. The number of nitrogens with zero attached hydrogens (tertiary/aromatic N) is 1. The highest BCUT2D eigenvalue weighted by Crippen LogP contribution is 2.24. The molecule has 4 aromatic rings. The van der Waals surface area contributed by atoms with Gasteiger partial charge in [0.2, 0.25) is 0 Å². The first-order valence-electron chi connectivity index (χ1n) is 9.08. The first-order chi connectivity index (χ1) is 14.6. The number of halogens is 1. The molecule has 2 N–H and O–H groups in total. The Morgan fingerprint density at radius 3 is 2.17 bits per heavy atom. The normalized spacial score (nSPS) is 10.4. The molecule has 7 heteroatoms. The highest BCUT2D eigenvalue weighted by molar-refractivity contribution is 9.10. The molecule has 0 aliphatic heterocycles. The fraction of sp³-hybridized carbons (Fsp3) is 0. The van der Waals surface area contributed by atoms with E-state index >= 15 is 0 Å². The van der Waals surface area contributed by atoms with Gasteiger partial charge in [-0.1, -0.05) is 24.3 Å². The maximum absolute atomic E-state index is 12.9. The van der Waals surface area contributed by atoms with Gasteiger partial charge in [0.15, 0.2) is 0 Å². The average Bonchev–Trinajstić information content (AvgIpc) is 3.30. The van der Waals surface area contributed by atoms with Crippen molar-refractivity contribution in [3.05, 3.63) is 100.0 Å². The van der Waals surface area contributed by atoms with Crippen LogP contribution in [-0.4, -0.2) is 16.8 Å². The van der Waals surface area contributed by atoms with E-state index in [0.717, 1.165) is 10.6 Å². The van der Waals surface area contributed by atoms with E-state index < -0.39 is 0 Å². The van der Waals surface area contributed by atoms with Crippen LogP contribution in [0.1, 0.15) is 20.7 Å². The predicted octanol–water partition coefficient (Wildman–Crippen LogP) is 6.08. The van der Waals surface area contributed by atoms with Gasteiger partial charge in [-0.3, -0.25) is 9.59 Å². The third kappa shape index (κ3) is 4.48. The lowest BCUT2D eigenvalue weighted by Gasteiger charge is -2.12. The van der Waals surface area contributed by atoms with Gasteiger partial charge in [-0.2, -0.15) is 0 Å². The van der Waals surface area contributed by atoms with E-state index in [0.29, 0.717) is 27.0 Å². The van der Waals surface area contributed by atoms with Gasteiger partial charge >= 0.3 is 0 Å². The lowest BCUT2D eigenvalue weighted by atomic mass is 10.1. The van der Waals surface area contributed by atoms with Crippen LogP contribution in [0.2, 0.25) is 0 Å². The molecule has 0 fully saturated rings. The van der Waals surface area contributed by atoms with Crippen molar-refractivity contribution in [2.75, 3.05) is 10.6 Å². The number of aromatic nitrogens is 1. The minimum atomic E-state index is -0.306. The van der Waals surface area contributed by atoms with Gasteiger partial charge in [-0.25, -0.2) is 4.98 Å². The number of rotatable bonds is 5. The van der Waals surface area contributed by atoms with Crippen LogP contribution in [0.3, 0.4) is 0 Å². The Labute approximate surface area is 185 Å². The molecular weight excluding hydrogens is 462 g/mol. The van der Waals surface area contributed by atoms with E-state index in [1.165, 1.54) is 0 Å². The van der Waals surface area contributed by atoms with Crippen LogP contribution in [0.25, 0.3) is 10.6 Å². The molecule has 0 aliphatic carbocycles. The largest absolute Gasteiger partial charge is 0.322 e. The van der Waals surface area contributed by atoms with Crippen LogP contribution in [0.15, 0.2) is 88.8 Å². The second kappa shape index (κ2) is 9.02. The number of hydrogen-bond donors (Lipinski definition) is 2. The Morgan fingerprint density at radius 1 is 0.800 bits per heavy atom. The summed E-state index contributed by atoms with van der Waals surface area (Å²) in [4.78, 5) is 29.8. The zero-order valence-corrected chi connectivity index (χ0v) is 18.0. The lowest BCUT2D eigenvalue weighted by molar-refractivity contribution is 0.102. The van der Waals surface area contributed by atoms with Crippen LogP contribution in [0.5, 0.6) is 0 Å². The second-order valence-corrected chi connectivity index (χ2v) is 8.10. The zero-order chi connectivity index (χ0) is 20.9. The van der Waals surface area contributed by atoms with Crippen LogP contribution < -0.4 is 10.6 Å². The Bertz CT molecular complexity index is 1190. The van der Waals surface area contributed by atoms with Crippen molar-refractivity contribution in [2.24, 2.45) is 0 Å². The number of amides is 2. The first kappa shape index (κ1) is 20.0. The third-order valence-electron chi connectivity index (χ3n) is 4.36. The number of benzene rings is 3. The van der Waals surface area contributed by atoms with E-state index in [1.807, 2.05) is 35.7 Å². The van der Waals surface area contributed by atoms with Gasteiger partial charge in [0.05, 0.1) is 16.8 Å². The second-order valence-electron chi connectivity index (χ2n) is 6.35. The Kier molecular flexibility index (Phi) is 6.02. The molecule has 3 aromatic carbocycles. The average molecular weight is 478 g/mol. The summed E-state index contributed by atoms with van der Waals surface area (Å²) in [6.07, 6.45) is 1.76. The van der Waals surface area contributed by atoms with Gasteiger partial charge in [0.1, 0.15) is 5.01 Å². The highest BCUT2D eigenvalue weighted by Gasteiger charge is 2.15. The molecule has 0 saturated carbocycles. The third-order valence-corrected chi connectivity index (χ3v) is 5.87. The predicted molar refractivity (Wildman–Crippen MR) is 124 cm³/mol. The molecule has 0 spiro atoms. The topological polar surface area (TPSA) is 71.1 Å². The van der Waals surface area contributed by atoms with Crippen LogP contribution in [0.4, 0.5) is 11.4 Å². The standard InChI is InChI=1S/C23H16BrN3O2S/c24-19-7-3-1-5-17(19)21(28)27-20-8-4-2-6-18(20)22(29)26-16-11-9-15(10-12-16)23-25-13-14-30-23/h1-14H,(H,26,29)(H,27,28). The minimum Gasteiger partial charge on any atom is -0.322 e. The van der Waals surface area contributed by atoms with E-state index in [1.54, 1.807) is 60.0 Å². The molecule has 0 unspecified atom stereocenters. The fourth-order valence-corrected chi connectivity index (χ4v) is 4.00. The van der Waals surface area contributed by atoms with Crippen molar-refractivity contribution in [1.82, 2.24) is 4.98 Å². The van der Waals surface area contributed by atoms with E-state index in [4.69, 9.17) is 0 Å². The van der Waals surface area contributed by atoms with Crippen LogP contribution in [0, 0.1) is 0 Å². The Hall–Kier alpha value is -3.29. The van der Waals surface area contributed by atoms with Crippen molar-refractivity contribution >= 4 is 50.5 Å². The quantitative estimate of drug-likeness (QED) is 0.365. The van der Waals surface area contributed by atoms with E-state index in [-0.39, 0.29) is 11.8 Å². The fourth-order valence-electron chi connectivity index (χ4n) is 2.89. The summed E-state index contributed by atoms with van der Waals surface area (Å²) in [5.74, 6) is -0.601. The number of carbonyl (C=O) groups excluding carboxylic acids is 2. The number of anilines is 2. The molecule has 148 valence electrons. The minimum absolute atomic E-state index is 0.296. The summed E-state index contributed by atoms with van der Waals surface area (Å²) in [6, 6.07) is 21.5. The number of thiazole rings is 1. The number of carbonyl (C=O) groups is 2. The molecule has 0 radical (unpaired) electrons. The van der Waals surface area contributed by atoms with Crippen molar-refractivity contribution in [3.63, 3.8) is 0 Å². The monoisotopic (exact) mass is 477 g/mol.